The van der Waals surface area contributed by atoms with E-state index in [1.165, 1.54) is 83.5 Å². The molecule has 3 nitrogen and oxygen atoms in total. The molecule has 0 aromatic rings. The normalized spacial score (nSPS) is 10.3. The standard InChI is InChI=1S/C18H36O2.H4OSi/c1-2-3-4-5-6-7-8-9-10-11-12-13-14-15-16-17-18(19)20;1-2/h2-17H2,1H3,(H,19,20);1H,2H3. The number of rotatable bonds is 16. The highest BCUT2D eigenvalue weighted by molar-refractivity contribution is 5.95. The smallest absolute Gasteiger partial charge is 0.303 e. The summed E-state index contributed by atoms with van der Waals surface area (Å²) in [6.45, 7) is 2.27. The van der Waals surface area contributed by atoms with Gasteiger partial charge >= 0.3 is 5.97 Å². The van der Waals surface area contributed by atoms with Crippen LogP contribution in [0.2, 0.25) is 0 Å². The van der Waals surface area contributed by atoms with Crippen molar-refractivity contribution in [2.24, 2.45) is 0 Å². The predicted octanol–water partition coefficient (Wildman–Crippen LogP) is 4.59. The van der Waals surface area contributed by atoms with E-state index >= 15 is 0 Å². The lowest BCUT2D eigenvalue weighted by Crippen LogP contribution is -1.93. The zero-order chi connectivity index (χ0) is 16.9. The molecule has 0 aromatic carbocycles. The number of carboxylic acids is 1. The lowest BCUT2D eigenvalue weighted by atomic mass is 10.0. The molecule has 0 radical (unpaired) electrons. The van der Waals surface area contributed by atoms with Gasteiger partial charge in [0, 0.05) is 6.42 Å². The zero-order valence-electron chi connectivity index (χ0n) is 15.1. The van der Waals surface area contributed by atoms with Crippen LogP contribution >= 0.6 is 0 Å². The molecular formula is C18H40O3Si. The molecule has 0 saturated heterocycles. The monoisotopic (exact) mass is 332 g/mol. The van der Waals surface area contributed by atoms with Gasteiger partial charge in [-0.05, 0) is 6.42 Å². The predicted molar refractivity (Wildman–Crippen MR) is 99.3 cm³/mol. The van der Waals surface area contributed by atoms with Crippen LogP contribution in [0.4, 0.5) is 0 Å². The first kappa shape index (κ1) is 23.9. The van der Waals surface area contributed by atoms with Gasteiger partial charge in [-0.1, -0.05) is 96.8 Å². The van der Waals surface area contributed by atoms with E-state index in [0.29, 0.717) is 16.9 Å². The Hall–Kier alpha value is -0.353. The maximum absolute atomic E-state index is 10.3. The van der Waals surface area contributed by atoms with Crippen LogP contribution in [0.1, 0.15) is 110 Å². The summed E-state index contributed by atoms with van der Waals surface area (Å²) >= 11 is 0. The van der Waals surface area contributed by atoms with E-state index in [9.17, 15) is 4.79 Å². The minimum Gasteiger partial charge on any atom is -0.481 e. The first-order chi connectivity index (χ1) is 10.8. The molecule has 0 rings (SSSR count). The van der Waals surface area contributed by atoms with E-state index in [1.54, 1.807) is 0 Å². The van der Waals surface area contributed by atoms with Crippen LogP contribution in [0.25, 0.3) is 0 Å². The molecule has 2 N–H and O–H groups in total. The van der Waals surface area contributed by atoms with Crippen molar-refractivity contribution < 1.29 is 14.7 Å². The molecule has 134 valence electrons. The average molecular weight is 333 g/mol. The Kier molecular flexibility index (Phi) is 24.9. The van der Waals surface area contributed by atoms with Crippen LogP contribution in [0.3, 0.4) is 0 Å². The Morgan fingerprint density at radius 3 is 1.18 bits per heavy atom. The number of carboxylic acid groups (broad SMARTS) is 1. The summed E-state index contributed by atoms with van der Waals surface area (Å²) in [5.41, 5.74) is 0. The van der Waals surface area contributed by atoms with Crippen LogP contribution in [0.15, 0.2) is 0 Å². The van der Waals surface area contributed by atoms with Gasteiger partial charge in [-0.15, -0.1) is 0 Å². The number of aliphatic carboxylic acids is 1. The van der Waals surface area contributed by atoms with Gasteiger partial charge in [0.15, 0.2) is 0 Å². The van der Waals surface area contributed by atoms with Gasteiger partial charge in [0.05, 0.1) is 0 Å². The fourth-order valence-electron chi connectivity index (χ4n) is 2.65. The minimum atomic E-state index is -0.653. The Bertz CT molecular complexity index is 211. The molecule has 0 fully saturated rings. The van der Waals surface area contributed by atoms with E-state index < -0.39 is 5.97 Å². The lowest BCUT2D eigenvalue weighted by molar-refractivity contribution is -0.137. The quantitative estimate of drug-likeness (QED) is 0.321. The third-order valence-electron chi connectivity index (χ3n) is 3.99. The molecule has 4 heteroatoms. The topological polar surface area (TPSA) is 57.5 Å². The Balaban J connectivity index is 0. The van der Waals surface area contributed by atoms with E-state index in [-0.39, 0.29) is 0 Å². The summed E-state index contributed by atoms with van der Waals surface area (Å²) in [5.74, 6) is -0.653. The summed E-state index contributed by atoms with van der Waals surface area (Å²) in [6, 6.07) is 0. The molecule has 0 spiro atoms. The second kappa shape index (κ2) is 22.9. The molecule has 0 atom stereocenters. The number of carbonyl (C=O) groups is 1. The van der Waals surface area contributed by atoms with E-state index in [1.807, 2.05) is 0 Å². The largest absolute Gasteiger partial charge is 0.481 e. The fourth-order valence-corrected chi connectivity index (χ4v) is 2.65. The van der Waals surface area contributed by atoms with Crippen molar-refractivity contribution in [2.45, 2.75) is 110 Å². The summed E-state index contributed by atoms with van der Waals surface area (Å²) < 4.78 is 0. The van der Waals surface area contributed by atoms with Gasteiger partial charge in [0.1, 0.15) is 10.5 Å². The van der Waals surface area contributed by atoms with Gasteiger partial charge in [-0.25, -0.2) is 0 Å². The summed E-state index contributed by atoms with van der Waals surface area (Å²) in [6.07, 6.45) is 20.2. The van der Waals surface area contributed by atoms with E-state index in [0.717, 1.165) is 12.8 Å². The van der Waals surface area contributed by atoms with E-state index in [4.69, 9.17) is 9.90 Å². The highest BCUT2D eigenvalue weighted by Gasteiger charge is 1.97. The number of unbranched alkanes of at least 4 members (excludes halogenated alkanes) is 14. The molecular weight excluding hydrogens is 292 g/mol. The molecule has 0 bridgehead atoms. The summed E-state index contributed by atoms with van der Waals surface area (Å²) in [5, 5.41) is 8.52. The van der Waals surface area contributed by atoms with Crippen molar-refractivity contribution >= 4 is 16.5 Å². The number of hydrogen-bond acceptors (Lipinski definition) is 2. The third kappa shape index (κ3) is 24.7. The van der Waals surface area contributed by atoms with Gasteiger partial charge in [-0.2, -0.15) is 0 Å². The Morgan fingerprint density at radius 2 is 0.909 bits per heavy atom. The van der Waals surface area contributed by atoms with Gasteiger partial charge in [0.2, 0.25) is 0 Å². The van der Waals surface area contributed by atoms with Gasteiger partial charge in [0.25, 0.3) is 0 Å². The SMILES string of the molecule is CCCCCCCCCCCCCCCCCC(=O)O.O[SiH3]. The summed E-state index contributed by atoms with van der Waals surface area (Å²) in [7, 11) is 0.306. The zero-order valence-corrected chi connectivity index (χ0v) is 17.1. The van der Waals surface area contributed by atoms with Gasteiger partial charge < -0.3 is 9.90 Å². The first-order valence-corrected chi connectivity index (χ1v) is 10.3. The maximum atomic E-state index is 10.3. The van der Waals surface area contributed by atoms with Crippen LogP contribution in [-0.4, -0.2) is 26.4 Å². The molecule has 0 aliphatic rings. The minimum absolute atomic E-state index is 0.306. The summed E-state index contributed by atoms with van der Waals surface area (Å²) in [4.78, 5) is 17.5. The highest BCUT2D eigenvalue weighted by atomic mass is 28.2. The second-order valence-electron chi connectivity index (χ2n) is 6.09. The van der Waals surface area contributed by atoms with Crippen LogP contribution in [0, 0.1) is 0 Å². The first-order valence-electron chi connectivity index (χ1n) is 9.44. The third-order valence-corrected chi connectivity index (χ3v) is 3.99. The van der Waals surface area contributed by atoms with Crippen LogP contribution < -0.4 is 0 Å². The Labute approximate surface area is 141 Å². The Morgan fingerprint density at radius 1 is 0.636 bits per heavy atom. The molecule has 22 heavy (non-hydrogen) atoms. The van der Waals surface area contributed by atoms with Crippen LogP contribution in [-0.2, 0) is 4.79 Å². The molecule has 0 saturated carbocycles. The molecule has 0 heterocycles. The highest BCUT2D eigenvalue weighted by Crippen LogP contribution is 2.13. The second-order valence-corrected chi connectivity index (χ2v) is 6.09. The van der Waals surface area contributed by atoms with Crippen molar-refractivity contribution in [3.63, 3.8) is 0 Å². The van der Waals surface area contributed by atoms with Crippen molar-refractivity contribution in [3.8, 4) is 0 Å². The lowest BCUT2D eigenvalue weighted by Gasteiger charge is -2.03. The fraction of sp³-hybridized carbons (Fsp3) is 0.944. The maximum Gasteiger partial charge on any atom is 0.303 e. The molecule has 0 aromatic heterocycles. The molecule has 0 aliphatic carbocycles. The molecule has 0 unspecified atom stereocenters. The average Bonchev–Trinajstić information content (AvgIpc) is 2.53. The van der Waals surface area contributed by atoms with Crippen molar-refractivity contribution in [2.75, 3.05) is 0 Å². The van der Waals surface area contributed by atoms with Gasteiger partial charge in [-0.3, -0.25) is 4.79 Å². The van der Waals surface area contributed by atoms with Crippen molar-refractivity contribution in [1.29, 1.82) is 0 Å². The van der Waals surface area contributed by atoms with Crippen molar-refractivity contribution in [3.05, 3.63) is 0 Å². The molecule has 0 aliphatic heterocycles. The molecule has 0 amide bonds. The van der Waals surface area contributed by atoms with Crippen LogP contribution in [0.5, 0.6) is 0 Å². The van der Waals surface area contributed by atoms with E-state index in [2.05, 4.69) is 6.92 Å². The number of hydrogen-bond donors (Lipinski definition) is 2. The van der Waals surface area contributed by atoms with Crippen molar-refractivity contribution in [1.82, 2.24) is 0 Å².